The van der Waals surface area contributed by atoms with E-state index in [1.807, 2.05) is 12.1 Å². The van der Waals surface area contributed by atoms with Crippen LogP contribution in [0, 0.1) is 0 Å². The van der Waals surface area contributed by atoms with E-state index in [0.29, 0.717) is 0 Å². The second-order valence-corrected chi connectivity index (χ2v) is 14.0. The van der Waals surface area contributed by atoms with Gasteiger partial charge in [-0.25, -0.2) is 0 Å². The van der Waals surface area contributed by atoms with E-state index >= 15 is 0 Å². The summed E-state index contributed by atoms with van der Waals surface area (Å²) in [6.45, 7) is 0. The molecule has 1 heterocycles. The van der Waals surface area contributed by atoms with Crippen LogP contribution < -0.4 is 4.90 Å². The number of hydrogen-bond donors (Lipinski definition) is 0. The fourth-order valence-electron chi connectivity index (χ4n) is 8.18. The predicted molar refractivity (Wildman–Crippen MR) is 236 cm³/mol. The molecule has 10 rings (SSSR count). The molecule has 0 saturated carbocycles. The fraction of sp³-hybridized carbons (Fsp3) is 0. The fourth-order valence-corrected chi connectivity index (χ4v) is 8.18. The highest BCUT2D eigenvalue weighted by atomic mass is 16.3. The quantitative estimate of drug-likeness (QED) is 0.156. The van der Waals surface area contributed by atoms with Gasteiger partial charge in [-0.05, 0) is 86.5 Å². The standard InChI is InChI=1S/C54H37NO/c1-4-18-38(19-5-1)43-24-10-11-26-47(43)53-45(40-22-8-3-9-23-40)28-16-29-46(53)41-34-36-42(37-35-41)55(49-30-14-12-25-44(49)39-20-6-2-7-21-39)50-31-17-33-52-54(50)48-27-13-15-32-51(48)56-52/h1-37H. The number of nitrogens with zero attached hydrogens (tertiary/aromatic N) is 1. The number of furan rings is 1. The van der Waals surface area contributed by atoms with E-state index in [0.717, 1.165) is 55.7 Å². The van der Waals surface area contributed by atoms with Crippen molar-refractivity contribution < 1.29 is 4.42 Å². The maximum Gasteiger partial charge on any atom is 0.137 e. The smallest absolute Gasteiger partial charge is 0.137 e. The van der Waals surface area contributed by atoms with Gasteiger partial charge in [-0.2, -0.15) is 0 Å². The van der Waals surface area contributed by atoms with Crippen molar-refractivity contribution in [2.24, 2.45) is 0 Å². The van der Waals surface area contributed by atoms with Gasteiger partial charge < -0.3 is 9.32 Å². The molecule has 0 saturated heterocycles. The topological polar surface area (TPSA) is 16.4 Å². The van der Waals surface area contributed by atoms with Crippen LogP contribution >= 0.6 is 0 Å². The largest absolute Gasteiger partial charge is 0.456 e. The Morgan fingerprint density at radius 3 is 1.41 bits per heavy atom. The molecule has 0 radical (unpaired) electrons. The lowest BCUT2D eigenvalue weighted by molar-refractivity contribution is 0.669. The molecule has 56 heavy (non-hydrogen) atoms. The average molecular weight is 716 g/mol. The van der Waals surface area contributed by atoms with Crippen molar-refractivity contribution in [3.63, 3.8) is 0 Å². The first-order chi connectivity index (χ1) is 27.8. The molecule has 9 aromatic carbocycles. The van der Waals surface area contributed by atoms with E-state index in [1.54, 1.807) is 0 Å². The van der Waals surface area contributed by atoms with Gasteiger partial charge >= 0.3 is 0 Å². The molecule has 1 aromatic heterocycles. The van der Waals surface area contributed by atoms with Crippen molar-refractivity contribution in [3.8, 4) is 55.6 Å². The zero-order valence-electron chi connectivity index (χ0n) is 30.7. The molecule has 0 unspecified atom stereocenters. The summed E-state index contributed by atoms with van der Waals surface area (Å²) in [6.07, 6.45) is 0. The zero-order chi connectivity index (χ0) is 37.3. The van der Waals surface area contributed by atoms with Crippen molar-refractivity contribution in [2.75, 3.05) is 4.90 Å². The number of rotatable bonds is 8. The molecule has 0 aliphatic carbocycles. The summed E-state index contributed by atoms with van der Waals surface area (Å²) in [5, 5.41) is 2.18. The van der Waals surface area contributed by atoms with Crippen molar-refractivity contribution in [3.05, 3.63) is 224 Å². The van der Waals surface area contributed by atoms with Crippen LogP contribution in [0.15, 0.2) is 229 Å². The Morgan fingerprint density at radius 2 is 0.732 bits per heavy atom. The number of anilines is 3. The Bertz CT molecular complexity index is 2950. The molecule has 0 spiro atoms. The Balaban J connectivity index is 1.18. The number of benzene rings is 9. The second kappa shape index (κ2) is 14.4. The van der Waals surface area contributed by atoms with Gasteiger partial charge in [-0.3, -0.25) is 0 Å². The molecule has 264 valence electrons. The molecule has 0 amide bonds. The van der Waals surface area contributed by atoms with Crippen molar-refractivity contribution in [1.82, 2.24) is 0 Å². The van der Waals surface area contributed by atoms with Crippen molar-refractivity contribution >= 4 is 39.0 Å². The Hall–Kier alpha value is -7.42. The molecule has 0 atom stereocenters. The summed E-state index contributed by atoms with van der Waals surface area (Å²) in [5.74, 6) is 0. The minimum Gasteiger partial charge on any atom is -0.456 e. The molecule has 0 bridgehead atoms. The Labute approximate surface area is 327 Å². The van der Waals surface area contributed by atoms with E-state index in [9.17, 15) is 0 Å². The molecule has 10 aromatic rings. The maximum absolute atomic E-state index is 6.42. The number of fused-ring (bicyclic) bond motifs is 3. The third kappa shape index (κ3) is 5.95. The molecule has 0 aliphatic rings. The van der Waals surface area contributed by atoms with E-state index in [-0.39, 0.29) is 0 Å². The third-order valence-electron chi connectivity index (χ3n) is 10.7. The van der Waals surface area contributed by atoms with E-state index in [4.69, 9.17) is 4.42 Å². The molecule has 0 aliphatic heterocycles. The van der Waals surface area contributed by atoms with Crippen LogP contribution in [0.5, 0.6) is 0 Å². The van der Waals surface area contributed by atoms with Gasteiger partial charge in [0.05, 0.1) is 16.8 Å². The normalized spacial score (nSPS) is 11.2. The van der Waals surface area contributed by atoms with Crippen LogP contribution in [0.3, 0.4) is 0 Å². The van der Waals surface area contributed by atoms with Crippen LogP contribution in [-0.4, -0.2) is 0 Å². The average Bonchev–Trinajstić information content (AvgIpc) is 3.67. The minimum absolute atomic E-state index is 0.863. The van der Waals surface area contributed by atoms with E-state index in [2.05, 4.69) is 217 Å². The van der Waals surface area contributed by atoms with Gasteiger partial charge in [0.2, 0.25) is 0 Å². The first-order valence-corrected chi connectivity index (χ1v) is 19.1. The van der Waals surface area contributed by atoms with Gasteiger partial charge in [-0.1, -0.05) is 188 Å². The molecular formula is C54H37NO. The van der Waals surface area contributed by atoms with Crippen LogP contribution in [-0.2, 0) is 0 Å². The highest BCUT2D eigenvalue weighted by Crippen LogP contribution is 2.48. The summed E-state index contributed by atoms with van der Waals surface area (Å²) in [5.41, 5.74) is 16.8. The molecule has 0 fully saturated rings. The molecular weight excluding hydrogens is 679 g/mol. The lowest BCUT2D eigenvalue weighted by atomic mass is 9.84. The van der Waals surface area contributed by atoms with E-state index < -0.39 is 0 Å². The summed E-state index contributed by atoms with van der Waals surface area (Å²) >= 11 is 0. The minimum atomic E-state index is 0.863. The van der Waals surface area contributed by atoms with Crippen molar-refractivity contribution in [2.45, 2.75) is 0 Å². The van der Waals surface area contributed by atoms with Gasteiger partial charge in [0.1, 0.15) is 11.2 Å². The van der Waals surface area contributed by atoms with Crippen LogP contribution in [0.2, 0.25) is 0 Å². The summed E-state index contributed by atoms with van der Waals surface area (Å²) < 4.78 is 6.42. The monoisotopic (exact) mass is 715 g/mol. The van der Waals surface area contributed by atoms with Crippen LogP contribution in [0.25, 0.3) is 77.6 Å². The second-order valence-electron chi connectivity index (χ2n) is 14.0. The Morgan fingerprint density at radius 1 is 0.286 bits per heavy atom. The van der Waals surface area contributed by atoms with Gasteiger partial charge in [-0.15, -0.1) is 0 Å². The van der Waals surface area contributed by atoms with E-state index in [1.165, 1.54) is 38.9 Å². The molecule has 0 N–H and O–H groups in total. The third-order valence-corrected chi connectivity index (χ3v) is 10.7. The summed E-state index contributed by atoms with van der Waals surface area (Å²) in [7, 11) is 0. The number of hydrogen-bond acceptors (Lipinski definition) is 2. The van der Waals surface area contributed by atoms with Crippen LogP contribution in [0.4, 0.5) is 17.1 Å². The lowest BCUT2D eigenvalue weighted by Crippen LogP contribution is -2.11. The molecule has 2 heteroatoms. The van der Waals surface area contributed by atoms with Gasteiger partial charge in [0.25, 0.3) is 0 Å². The highest BCUT2D eigenvalue weighted by Gasteiger charge is 2.23. The first kappa shape index (κ1) is 33.2. The van der Waals surface area contributed by atoms with Crippen molar-refractivity contribution in [1.29, 1.82) is 0 Å². The van der Waals surface area contributed by atoms with Crippen LogP contribution in [0.1, 0.15) is 0 Å². The molecule has 2 nitrogen and oxygen atoms in total. The lowest BCUT2D eigenvalue weighted by Gasteiger charge is -2.29. The summed E-state index contributed by atoms with van der Waals surface area (Å²) in [4.78, 5) is 2.39. The summed E-state index contributed by atoms with van der Waals surface area (Å²) in [6, 6.07) is 80.0. The first-order valence-electron chi connectivity index (χ1n) is 19.1. The SMILES string of the molecule is c1ccc(-c2ccccc2-c2c(-c3ccccc3)cccc2-c2ccc(N(c3ccccc3-c3ccccc3)c3cccc4oc5ccccc5c34)cc2)cc1. The Kier molecular flexibility index (Phi) is 8.55. The predicted octanol–water partition coefficient (Wildman–Crippen LogP) is 15.4. The van der Waals surface area contributed by atoms with Gasteiger partial charge in [0, 0.05) is 16.6 Å². The zero-order valence-corrected chi connectivity index (χ0v) is 30.7. The van der Waals surface area contributed by atoms with Gasteiger partial charge in [0.15, 0.2) is 0 Å². The maximum atomic E-state index is 6.42. The number of para-hydroxylation sites is 2. The highest BCUT2D eigenvalue weighted by molar-refractivity contribution is 6.14.